The highest BCUT2D eigenvalue weighted by Gasteiger charge is 2.16. The first kappa shape index (κ1) is 13.2. The normalized spacial score (nSPS) is 17.9. The number of carbonyl (C=O) groups excluding carboxylic acids is 1. The molecule has 18 heavy (non-hydrogen) atoms. The fraction of sp³-hybridized carbons (Fsp3) is 0.500. The third kappa shape index (κ3) is 3.37. The highest BCUT2D eigenvalue weighted by Crippen LogP contribution is 2.10. The zero-order valence-electron chi connectivity index (χ0n) is 10.7. The molecule has 1 aliphatic rings. The number of halogens is 1. The van der Waals surface area contributed by atoms with E-state index in [-0.39, 0.29) is 11.3 Å². The van der Waals surface area contributed by atoms with E-state index in [0.29, 0.717) is 6.42 Å². The molecule has 98 valence electrons. The first-order chi connectivity index (χ1) is 8.66. The summed E-state index contributed by atoms with van der Waals surface area (Å²) in [7, 11) is 2.10. The largest absolute Gasteiger partial charge is 0.304 e. The van der Waals surface area contributed by atoms with Crippen molar-refractivity contribution in [1.82, 2.24) is 9.80 Å². The first-order valence-electron chi connectivity index (χ1n) is 6.35. The minimum absolute atomic E-state index is 0.105. The predicted molar refractivity (Wildman–Crippen MR) is 69.3 cm³/mol. The lowest BCUT2D eigenvalue weighted by atomic mass is 10.1. The van der Waals surface area contributed by atoms with Crippen molar-refractivity contribution in [1.29, 1.82) is 0 Å². The van der Waals surface area contributed by atoms with E-state index in [2.05, 4.69) is 16.8 Å². The second-order valence-electron chi connectivity index (χ2n) is 4.80. The SMILES string of the molecule is CN1CCN(CCC(=O)c2ccccc2F)CC1. The van der Waals surface area contributed by atoms with Crippen LogP contribution in [0.4, 0.5) is 4.39 Å². The van der Waals surface area contributed by atoms with E-state index in [4.69, 9.17) is 0 Å². The molecule has 1 heterocycles. The van der Waals surface area contributed by atoms with Crippen molar-refractivity contribution in [3.8, 4) is 0 Å². The van der Waals surface area contributed by atoms with Crippen molar-refractivity contribution >= 4 is 5.78 Å². The van der Waals surface area contributed by atoms with E-state index in [1.165, 1.54) is 6.07 Å². The Morgan fingerprint density at radius 2 is 1.89 bits per heavy atom. The highest BCUT2D eigenvalue weighted by atomic mass is 19.1. The molecule has 0 saturated carbocycles. The van der Waals surface area contributed by atoms with Gasteiger partial charge in [-0.25, -0.2) is 4.39 Å². The summed E-state index contributed by atoms with van der Waals surface area (Å²) < 4.78 is 13.4. The van der Waals surface area contributed by atoms with E-state index in [1.807, 2.05) is 0 Å². The van der Waals surface area contributed by atoms with E-state index in [9.17, 15) is 9.18 Å². The van der Waals surface area contributed by atoms with E-state index in [1.54, 1.807) is 18.2 Å². The van der Waals surface area contributed by atoms with Crippen LogP contribution in [0, 0.1) is 5.82 Å². The van der Waals surface area contributed by atoms with Crippen LogP contribution in [0.15, 0.2) is 24.3 Å². The van der Waals surface area contributed by atoms with Gasteiger partial charge >= 0.3 is 0 Å². The van der Waals surface area contributed by atoms with Crippen molar-refractivity contribution in [3.05, 3.63) is 35.6 Å². The number of benzene rings is 1. The van der Waals surface area contributed by atoms with Crippen LogP contribution in [-0.2, 0) is 0 Å². The van der Waals surface area contributed by atoms with Gasteiger partial charge in [-0.15, -0.1) is 0 Å². The Hall–Kier alpha value is -1.26. The third-order valence-corrected chi connectivity index (χ3v) is 3.43. The van der Waals surface area contributed by atoms with Gasteiger partial charge in [0.1, 0.15) is 5.82 Å². The Labute approximate surface area is 107 Å². The fourth-order valence-electron chi connectivity index (χ4n) is 2.15. The molecule has 0 amide bonds. The van der Waals surface area contributed by atoms with Crippen LogP contribution in [0.2, 0.25) is 0 Å². The molecule has 1 aliphatic heterocycles. The number of hydrogen-bond donors (Lipinski definition) is 0. The van der Waals surface area contributed by atoms with Crippen LogP contribution < -0.4 is 0 Å². The van der Waals surface area contributed by atoms with Crippen molar-refractivity contribution in [2.24, 2.45) is 0 Å². The maximum absolute atomic E-state index is 13.4. The summed E-state index contributed by atoms with van der Waals surface area (Å²) in [5.74, 6) is -0.520. The van der Waals surface area contributed by atoms with Gasteiger partial charge in [-0.2, -0.15) is 0 Å². The van der Waals surface area contributed by atoms with Gasteiger partial charge in [0.15, 0.2) is 5.78 Å². The Bertz CT molecular complexity index is 414. The van der Waals surface area contributed by atoms with Gasteiger partial charge in [-0.1, -0.05) is 12.1 Å². The molecule has 0 atom stereocenters. The van der Waals surface area contributed by atoms with Crippen LogP contribution in [0.1, 0.15) is 16.8 Å². The Kier molecular flexibility index (Phi) is 4.44. The summed E-state index contributed by atoms with van der Waals surface area (Å²) in [6, 6.07) is 6.20. The van der Waals surface area contributed by atoms with Gasteiger partial charge in [0, 0.05) is 39.1 Å². The van der Waals surface area contributed by atoms with Crippen molar-refractivity contribution < 1.29 is 9.18 Å². The number of rotatable bonds is 4. The highest BCUT2D eigenvalue weighted by molar-refractivity contribution is 5.96. The van der Waals surface area contributed by atoms with Crippen molar-refractivity contribution in [3.63, 3.8) is 0 Å². The topological polar surface area (TPSA) is 23.6 Å². The lowest BCUT2D eigenvalue weighted by Gasteiger charge is -2.32. The van der Waals surface area contributed by atoms with E-state index >= 15 is 0 Å². The van der Waals surface area contributed by atoms with Gasteiger partial charge < -0.3 is 9.80 Å². The molecule has 0 N–H and O–H groups in total. The van der Waals surface area contributed by atoms with E-state index < -0.39 is 5.82 Å². The number of hydrogen-bond acceptors (Lipinski definition) is 3. The number of Topliss-reactive ketones (excluding diaryl/α,β-unsaturated/α-hetero) is 1. The molecule has 1 aromatic rings. The third-order valence-electron chi connectivity index (χ3n) is 3.43. The molecular formula is C14H19FN2O. The summed E-state index contributed by atoms with van der Waals surface area (Å²) in [6.45, 7) is 4.77. The lowest BCUT2D eigenvalue weighted by Crippen LogP contribution is -2.45. The molecule has 0 unspecified atom stereocenters. The molecular weight excluding hydrogens is 231 g/mol. The zero-order chi connectivity index (χ0) is 13.0. The number of likely N-dealkylation sites (N-methyl/N-ethyl adjacent to an activating group) is 1. The number of ketones is 1. The average molecular weight is 250 g/mol. The Morgan fingerprint density at radius 3 is 2.56 bits per heavy atom. The molecule has 1 saturated heterocycles. The van der Waals surface area contributed by atoms with Gasteiger partial charge in [-0.05, 0) is 19.2 Å². The fourth-order valence-corrected chi connectivity index (χ4v) is 2.15. The molecule has 0 spiro atoms. The molecule has 0 aliphatic carbocycles. The summed E-state index contributed by atoms with van der Waals surface area (Å²) in [4.78, 5) is 16.4. The average Bonchev–Trinajstić information content (AvgIpc) is 2.38. The van der Waals surface area contributed by atoms with Crippen molar-refractivity contribution in [2.75, 3.05) is 39.8 Å². The first-order valence-corrected chi connectivity index (χ1v) is 6.35. The smallest absolute Gasteiger partial charge is 0.167 e. The maximum atomic E-state index is 13.4. The molecule has 4 heteroatoms. The van der Waals surface area contributed by atoms with Crippen molar-refractivity contribution in [2.45, 2.75) is 6.42 Å². The Balaban J connectivity index is 1.84. The summed E-state index contributed by atoms with van der Waals surface area (Å²) >= 11 is 0. The van der Waals surface area contributed by atoms with Crippen LogP contribution in [0.3, 0.4) is 0 Å². The second-order valence-corrected chi connectivity index (χ2v) is 4.80. The zero-order valence-corrected chi connectivity index (χ0v) is 10.7. The van der Waals surface area contributed by atoms with Gasteiger partial charge in [0.25, 0.3) is 0 Å². The summed E-state index contributed by atoms with van der Waals surface area (Å²) in [5.41, 5.74) is 0.214. The minimum atomic E-state index is -0.416. The standard InChI is InChI=1S/C14H19FN2O/c1-16-8-10-17(11-9-16)7-6-14(18)12-4-2-3-5-13(12)15/h2-5H,6-11H2,1H3. The van der Waals surface area contributed by atoms with Gasteiger partial charge in [0.05, 0.1) is 5.56 Å². The van der Waals surface area contributed by atoms with Gasteiger partial charge in [-0.3, -0.25) is 4.79 Å². The second kappa shape index (κ2) is 6.07. The molecule has 1 aromatic carbocycles. The molecule has 2 rings (SSSR count). The van der Waals surface area contributed by atoms with E-state index in [0.717, 1.165) is 32.7 Å². The van der Waals surface area contributed by atoms with Crippen LogP contribution >= 0.6 is 0 Å². The molecule has 3 nitrogen and oxygen atoms in total. The monoisotopic (exact) mass is 250 g/mol. The van der Waals surface area contributed by atoms with Gasteiger partial charge in [0.2, 0.25) is 0 Å². The summed E-state index contributed by atoms with van der Waals surface area (Å²) in [6.07, 6.45) is 0.393. The number of piperazine rings is 1. The molecule has 0 bridgehead atoms. The number of carbonyl (C=O) groups is 1. The van der Waals surface area contributed by atoms with Crippen LogP contribution in [-0.4, -0.2) is 55.4 Å². The summed E-state index contributed by atoms with van der Waals surface area (Å²) in [5, 5.41) is 0. The minimum Gasteiger partial charge on any atom is -0.304 e. The van der Waals surface area contributed by atoms with Crippen LogP contribution in [0.5, 0.6) is 0 Å². The number of nitrogens with zero attached hydrogens (tertiary/aromatic N) is 2. The Morgan fingerprint density at radius 1 is 1.22 bits per heavy atom. The predicted octanol–water partition coefficient (Wildman–Crippen LogP) is 1.65. The van der Waals surface area contributed by atoms with Crippen LogP contribution in [0.25, 0.3) is 0 Å². The molecule has 1 fully saturated rings. The maximum Gasteiger partial charge on any atom is 0.167 e. The lowest BCUT2D eigenvalue weighted by molar-refractivity contribution is 0.0938. The quantitative estimate of drug-likeness (QED) is 0.759. The molecule has 0 aromatic heterocycles. The molecule has 0 radical (unpaired) electrons.